The van der Waals surface area contributed by atoms with Gasteiger partial charge in [0.2, 0.25) is 0 Å². The number of rotatable bonds is 5. The summed E-state index contributed by atoms with van der Waals surface area (Å²) < 4.78 is 2.54. The van der Waals surface area contributed by atoms with Gasteiger partial charge in [0.05, 0.1) is 0 Å². The molecule has 4 rings (SSSR count). The first-order chi connectivity index (χ1) is 11.8. The van der Waals surface area contributed by atoms with Crippen molar-refractivity contribution in [1.29, 1.82) is 0 Å². The second-order valence-corrected chi connectivity index (χ2v) is 7.25. The van der Waals surface area contributed by atoms with Crippen molar-refractivity contribution in [3.05, 3.63) is 35.5 Å². The number of hydrogen-bond acceptors (Lipinski definition) is 1. The standard InChI is InChI=1S/C20H27N3O/c1-2-3-11-21-20(24)22-12-10-19-17(14-22)16-6-4-5-7-18(16)23(19)13-15-8-9-15/h4-7,15H,2-3,8-14H2,1H3,(H,21,24). The van der Waals surface area contributed by atoms with Crippen LogP contribution in [0.25, 0.3) is 10.9 Å². The Morgan fingerprint density at radius 3 is 2.92 bits per heavy atom. The molecule has 0 radical (unpaired) electrons. The van der Waals surface area contributed by atoms with Gasteiger partial charge in [-0.05, 0) is 31.2 Å². The molecule has 2 aromatic rings. The molecule has 1 aliphatic heterocycles. The second kappa shape index (κ2) is 6.50. The van der Waals surface area contributed by atoms with Gasteiger partial charge in [-0.3, -0.25) is 0 Å². The Kier molecular flexibility index (Phi) is 4.21. The number of fused-ring (bicyclic) bond motifs is 3. The topological polar surface area (TPSA) is 37.3 Å². The molecule has 2 aliphatic rings. The Morgan fingerprint density at radius 2 is 2.12 bits per heavy atom. The van der Waals surface area contributed by atoms with Crippen molar-refractivity contribution in [2.45, 2.75) is 52.1 Å². The van der Waals surface area contributed by atoms with E-state index in [-0.39, 0.29) is 6.03 Å². The Morgan fingerprint density at radius 1 is 1.29 bits per heavy atom. The summed E-state index contributed by atoms with van der Waals surface area (Å²) in [5, 5.41) is 4.39. The average molecular weight is 325 g/mol. The van der Waals surface area contributed by atoms with Crippen molar-refractivity contribution in [2.24, 2.45) is 5.92 Å². The maximum absolute atomic E-state index is 12.4. The van der Waals surface area contributed by atoms with Crippen molar-refractivity contribution in [3.8, 4) is 0 Å². The summed E-state index contributed by atoms with van der Waals surface area (Å²) >= 11 is 0. The van der Waals surface area contributed by atoms with Gasteiger partial charge in [-0.25, -0.2) is 4.79 Å². The van der Waals surface area contributed by atoms with E-state index < -0.39 is 0 Å². The number of para-hydroxylation sites is 1. The first kappa shape index (κ1) is 15.6. The zero-order chi connectivity index (χ0) is 16.5. The van der Waals surface area contributed by atoms with Crippen LogP contribution in [0.15, 0.2) is 24.3 Å². The lowest BCUT2D eigenvalue weighted by Crippen LogP contribution is -2.43. The van der Waals surface area contributed by atoms with Gasteiger partial charge < -0.3 is 14.8 Å². The summed E-state index contributed by atoms with van der Waals surface area (Å²) in [7, 11) is 0. The van der Waals surface area contributed by atoms with E-state index >= 15 is 0 Å². The summed E-state index contributed by atoms with van der Waals surface area (Å²) in [6, 6.07) is 8.79. The minimum Gasteiger partial charge on any atom is -0.344 e. The van der Waals surface area contributed by atoms with Crippen molar-refractivity contribution in [3.63, 3.8) is 0 Å². The monoisotopic (exact) mass is 325 g/mol. The minimum atomic E-state index is 0.0909. The van der Waals surface area contributed by atoms with Gasteiger partial charge >= 0.3 is 6.03 Å². The molecule has 0 bridgehead atoms. The highest BCUT2D eigenvalue weighted by Crippen LogP contribution is 2.36. The minimum absolute atomic E-state index is 0.0909. The van der Waals surface area contributed by atoms with E-state index in [9.17, 15) is 4.79 Å². The molecule has 24 heavy (non-hydrogen) atoms. The molecule has 0 atom stereocenters. The van der Waals surface area contributed by atoms with E-state index in [1.165, 1.54) is 35.0 Å². The fraction of sp³-hybridized carbons (Fsp3) is 0.550. The highest BCUT2D eigenvalue weighted by atomic mass is 16.2. The van der Waals surface area contributed by atoms with Crippen LogP contribution in [0, 0.1) is 5.92 Å². The molecule has 2 heterocycles. The van der Waals surface area contributed by atoms with E-state index in [0.717, 1.165) is 51.4 Å². The van der Waals surface area contributed by atoms with Gasteiger partial charge in [-0.1, -0.05) is 31.5 Å². The zero-order valence-electron chi connectivity index (χ0n) is 14.6. The molecule has 4 heteroatoms. The van der Waals surface area contributed by atoms with Crippen LogP contribution in [0.5, 0.6) is 0 Å². The van der Waals surface area contributed by atoms with Gasteiger partial charge in [-0.2, -0.15) is 0 Å². The van der Waals surface area contributed by atoms with Gasteiger partial charge in [0, 0.05) is 54.8 Å². The van der Waals surface area contributed by atoms with Crippen molar-refractivity contribution >= 4 is 16.9 Å². The number of amides is 2. The number of carbonyl (C=O) groups excluding carboxylic acids is 1. The largest absolute Gasteiger partial charge is 0.344 e. The Labute approximate surface area is 143 Å². The van der Waals surface area contributed by atoms with E-state index in [1.54, 1.807) is 0 Å². The lowest BCUT2D eigenvalue weighted by molar-refractivity contribution is 0.192. The fourth-order valence-corrected chi connectivity index (χ4v) is 3.83. The SMILES string of the molecule is CCCCNC(=O)N1CCc2c(c3ccccc3n2CC2CC2)C1. The molecule has 2 amide bonds. The third kappa shape index (κ3) is 2.90. The van der Waals surface area contributed by atoms with Crippen LogP contribution < -0.4 is 5.32 Å². The normalized spacial score (nSPS) is 17.1. The molecule has 1 saturated carbocycles. The molecular weight excluding hydrogens is 298 g/mol. The molecule has 1 aromatic heterocycles. The summed E-state index contributed by atoms with van der Waals surface area (Å²) in [5.74, 6) is 0.861. The van der Waals surface area contributed by atoms with Gasteiger partial charge in [0.25, 0.3) is 0 Å². The number of nitrogens with zero attached hydrogens (tertiary/aromatic N) is 2. The van der Waals surface area contributed by atoms with E-state index in [0.29, 0.717) is 0 Å². The van der Waals surface area contributed by atoms with Crippen LogP contribution >= 0.6 is 0 Å². The maximum Gasteiger partial charge on any atom is 0.317 e. The Hall–Kier alpha value is -1.97. The highest BCUT2D eigenvalue weighted by molar-refractivity contribution is 5.86. The van der Waals surface area contributed by atoms with Crippen LogP contribution in [-0.4, -0.2) is 28.6 Å². The van der Waals surface area contributed by atoms with Gasteiger partial charge in [-0.15, -0.1) is 0 Å². The quantitative estimate of drug-likeness (QED) is 0.831. The van der Waals surface area contributed by atoms with E-state index in [1.807, 2.05) is 4.90 Å². The molecule has 0 saturated heterocycles. The van der Waals surface area contributed by atoms with Crippen molar-refractivity contribution in [2.75, 3.05) is 13.1 Å². The number of nitrogens with one attached hydrogen (secondary N) is 1. The second-order valence-electron chi connectivity index (χ2n) is 7.25. The predicted octanol–water partition coefficient (Wildman–Crippen LogP) is 3.92. The first-order valence-electron chi connectivity index (χ1n) is 9.39. The molecule has 1 aromatic carbocycles. The number of urea groups is 1. The smallest absolute Gasteiger partial charge is 0.317 e. The molecule has 0 unspecified atom stereocenters. The number of benzene rings is 1. The lowest BCUT2D eigenvalue weighted by Gasteiger charge is -2.28. The molecule has 0 spiro atoms. The van der Waals surface area contributed by atoms with Crippen LogP contribution in [0.1, 0.15) is 43.9 Å². The molecule has 4 nitrogen and oxygen atoms in total. The van der Waals surface area contributed by atoms with Crippen LogP contribution in [0.2, 0.25) is 0 Å². The summed E-state index contributed by atoms with van der Waals surface area (Å²) in [6.07, 6.45) is 5.86. The molecule has 1 fully saturated rings. The summed E-state index contributed by atoms with van der Waals surface area (Å²) in [6.45, 7) is 5.64. The van der Waals surface area contributed by atoms with Crippen LogP contribution in [-0.2, 0) is 19.5 Å². The molecular formula is C20H27N3O. The number of hydrogen-bond donors (Lipinski definition) is 1. The highest BCUT2D eigenvalue weighted by Gasteiger charge is 2.29. The molecule has 1 aliphatic carbocycles. The van der Waals surface area contributed by atoms with Gasteiger partial charge in [0.1, 0.15) is 0 Å². The third-order valence-corrected chi connectivity index (χ3v) is 5.39. The number of carbonyl (C=O) groups is 1. The summed E-state index contributed by atoms with van der Waals surface area (Å²) in [4.78, 5) is 14.4. The van der Waals surface area contributed by atoms with Crippen LogP contribution in [0.4, 0.5) is 4.79 Å². The molecule has 1 N–H and O–H groups in total. The predicted molar refractivity (Wildman–Crippen MR) is 97.1 cm³/mol. The zero-order valence-corrected chi connectivity index (χ0v) is 14.6. The first-order valence-corrected chi connectivity index (χ1v) is 9.39. The van der Waals surface area contributed by atoms with Gasteiger partial charge in [0.15, 0.2) is 0 Å². The van der Waals surface area contributed by atoms with Crippen molar-refractivity contribution < 1.29 is 4.79 Å². The number of unbranched alkanes of at least 4 members (excludes halogenated alkanes) is 1. The van der Waals surface area contributed by atoms with E-state index in [2.05, 4.69) is 41.1 Å². The average Bonchev–Trinajstić information content (AvgIpc) is 3.38. The summed E-state index contributed by atoms with van der Waals surface area (Å²) in [5.41, 5.74) is 4.17. The Bertz CT molecular complexity index is 745. The lowest BCUT2D eigenvalue weighted by atomic mass is 10.0. The molecule has 128 valence electrons. The Balaban J connectivity index is 1.59. The third-order valence-electron chi connectivity index (χ3n) is 5.39. The van der Waals surface area contributed by atoms with Crippen LogP contribution in [0.3, 0.4) is 0 Å². The number of aromatic nitrogens is 1. The van der Waals surface area contributed by atoms with Crippen molar-refractivity contribution in [1.82, 2.24) is 14.8 Å². The fourth-order valence-electron chi connectivity index (χ4n) is 3.83. The maximum atomic E-state index is 12.4. The van der Waals surface area contributed by atoms with E-state index in [4.69, 9.17) is 0 Å².